The van der Waals surface area contributed by atoms with Crippen LogP contribution in [-0.2, 0) is 13.5 Å². The Bertz CT molecular complexity index is 656. The number of amides is 1. The lowest BCUT2D eigenvalue weighted by atomic mass is 10.2. The van der Waals surface area contributed by atoms with Gasteiger partial charge in [-0.2, -0.15) is 5.10 Å². The van der Waals surface area contributed by atoms with Crippen molar-refractivity contribution >= 4 is 17.5 Å². The van der Waals surface area contributed by atoms with E-state index in [1.807, 2.05) is 0 Å². The Hall–Kier alpha value is -2.09. The van der Waals surface area contributed by atoms with E-state index in [4.69, 9.17) is 11.6 Å². The summed E-state index contributed by atoms with van der Waals surface area (Å²) in [6.45, 7) is 2.00. The molecule has 2 aromatic heterocycles. The molecule has 0 fully saturated rings. The number of hydrogen-bond donors (Lipinski definition) is 2. The van der Waals surface area contributed by atoms with Crippen molar-refractivity contribution in [3.05, 3.63) is 32.8 Å². The third kappa shape index (κ3) is 2.84. The molecule has 0 saturated carbocycles. The van der Waals surface area contributed by atoms with Gasteiger partial charge in [0, 0.05) is 20.0 Å². The average molecular weight is 286 g/mol. The zero-order chi connectivity index (χ0) is 14.0. The highest BCUT2D eigenvalue weighted by Crippen LogP contribution is 2.18. The summed E-state index contributed by atoms with van der Waals surface area (Å²) in [4.78, 5) is 25.0. The first kappa shape index (κ1) is 13.3. The van der Waals surface area contributed by atoms with E-state index >= 15 is 0 Å². The molecular formula is C10H12ClN5O3. The van der Waals surface area contributed by atoms with Gasteiger partial charge in [-0.1, -0.05) is 16.8 Å². The second-order valence-electron chi connectivity index (χ2n) is 3.92. The Labute approximate surface area is 112 Å². The predicted molar refractivity (Wildman–Crippen MR) is 66.1 cm³/mol. The predicted octanol–water partition coefficient (Wildman–Crippen LogP) is 0.0307. The number of nitrogens with zero attached hydrogens (tertiary/aromatic N) is 3. The molecule has 9 heteroatoms. The molecule has 0 radical (unpaired) electrons. The summed E-state index contributed by atoms with van der Waals surface area (Å²) in [5.74, 6) is -0.562. The van der Waals surface area contributed by atoms with Gasteiger partial charge in [0.25, 0.3) is 5.91 Å². The Morgan fingerprint density at radius 3 is 2.84 bits per heavy atom. The Kier molecular flexibility index (Phi) is 3.70. The molecule has 0 atom stereocenters. The van der Waals surface area contributed by atoms with Crippen LogP contribution in [0.25, 0.3) is 0 Å². The van der Waals surface area contributed by atoms with Crippen molar-refractivity contribution in [3.8, 4) is 0 Å². The summed E-state index contributed by atoms with van der Waals surface area (Å²) < 4.78 is 5.77. The summed E-state index contributed by atoms with van der Waals surface area (Å²) in [5, 5.41) is 10.5. The molecule has 8 nitrogen and oxygen atoms in total. The van der Waals surface area contributed by atoms with Crippen LogP contribution >= 0.6 is 11.6 Å². The van der Waals surface area contributed by atoms with E-state index in [0.717, 1.165) is 0 Å². The molecule has 0 aliphatic heterocycles. The maximum Gasteiger partial charge on any atom is 0.438 e. The Morgan fingerprint density at radius 2 is 2.32 bits per heavy atom. The van der Waals surface area contributed by atoms with Gasteiger partial charge in [0.1, 0.15) is 5.15 Å². The van der Waals surface area contributed by atoms with Gasteiger partial charge in [-0.15, -0.1) is 0 Å². The molecule has 0 aliphatic carbocycles. The molecule has 0 spiro atoms. The fourth-order valence-electron chi connectivity index (χ4n) is 1.64. The summed E-state index contributed by atoms with van der Waals surface area (Å²) in [5.41, 5.74) is 0.901. The molecule has 102 valence electrons. The fourth-order valence-corrected chi connectivity index (χ4v) is 1.90. The molecule has 2 aromatic rings. The Balaban J connectivity index is 1.96. The molecule has 19 heavy (non-hydrogen) atoms. The van der Waals surface area contributed by atoms with Crippen molar-refractivity contribution in [2.45, 2.75) is 13.3 Å². The number of carbonyl (C=O) groups excluding carboxylic acids is 1. The van der Waals surface area contributed by atoms with Crippen LogP contribution in [0, 0.1) is 6.92 Å². The van der Waals surface area contributed by atoms with Crippen LogP contribution in [0.3, 0.4) is 0 Å². The molecule has 2 rings (SSSR count). The second-order valence-corrected chi connectivity index (χ2v) is 4.28. The Morgan fingerprint density at radius 1 is 1.58 bits per heavy atom. The van der Waals surface area contributed by atoms with E-state index in [1.54, 1.807) is 14.0 Å². The van der Waals surface area contributed by atoms with Crippen molar-refractivity contribution in [2.75, 3.05) is 6.54 Å². The molecule has 2 N–H and O–H groups in total. The van der Waals surface area contributed by atoms with Crippen molar-refractivity contribution in [1.82, 2.24) is 25.2 Å². The lowest BCUT2D eigenvalue weighted by molar-refractivity contribution is 0.0953. The minimum Gasteiger partial charge on any atom is -0.351 e. The minimum atomic E-state index is -0.618. The first-order valence-corrected chi connectivity index (χ1v) is 5.89. The number of nitrogens with one attached hydrogen (secondary N) is 2. The van der Waals surface area contributed by atoms with Crippen LogP contribution < -0.4 is 11.1 Å². The van der Waals surface area contributed by atoms with E-state index in [0.29, 0.717) is 30.0 Å². The van der Waals surface area contributed by atoms with Gasteiger partial charge in [-0.05, 0) is 6.92 Å². The smallest absolute Gasteiger partial charge is 0.351 e. The van der Waals surface area contributed by atoms with Gasteiger partial charge < -0.3 is 5.32 Å². The largest absolute Gasteiger partial charge is 0.438 e. The van der Waals surface area contributed by atoms with Crippen molar-refractivity contribution in [1.29, 1.82) is 0 Å². The van der Waals surface area contributed by atoms with Crippen LogP contribution in [0.5, 0.6) is 0 Å². The number of aryl methyl sites for hydroxylation is 2. The molecule has 0 bridgehead atoms. The van der Waals surface area contributed by atoms with E-state index in [-0.39, 0.29) is 11.1 Å². The van der Waals surface area contributed by atoms with E-state index in [2.05, 4.69) is 25.1 Å². The fraction of sp³-hybridized carbons (Fsp3) is 0.400. The van der Waals surface area contributed by atoms with E-state index in [9.17, 15) is 9.59 Å². The van der Waals surface area contributed by atoms with Gasteiger partial charge in [0.15, 0.2) is 5.82 Å². The minimum absolute atomic E-state index is 0.282. The topological polar surface area (TPSA) is 106 Å². The van der Waals surface area contributed by atoms with Crippen molar-refractivity contribution < 1.29 is 9.32 Å². The molecule has 1 amide bonds. The maximum absolute atomic E-state index is 11.9. The summed E-state index contributed by atoms with van der Waals surface area (Å²) in [7, 11) is 1.66. The normalized spacial score (nSPS) is 10.7. The highest BCUT2D eigenvalue weighted by atomic mass is 35.5. The first-order chi connectivity index (χ1) is 8.99. The lowest BCUT2D eigenvalue weighted by Crippen LogP contribution is -2.26. The SMILES string of the molecule is Cc1nn(C)c(Cl)c1C(=O)NCCc1noc(=O)[nH]1. The van der Waals surface area contributed by atoms with Crippen molar-refractivity contribution in [2.24, 2.45) is 7.05 Å². The van der Waals surface area contributed by atoms with Crippen LogP contribution in [0.4, 0.5) is 0 Å². The number of carbonyl (C=O) groups is 1. The third-order valence-electron chi connectivity index (χ3n) is 2.51. The number of aromatic nitrogens is 4. The lowest BCUT2D eigenvalue weighted by Gasteiger charge is -2.03. The highest BCUT2D eigenvalue weighted by Gasteiger charge is 2.18. The quantitative estimate of drug-likeness (QED) is 0.824. The second kappa shape index (κ2) is 5.27. The number of halogens is 1. The maximum atomic E-state index is 11.9. The van der Waals surface area contributed by atoms with Crippen LogP contribution in [0.1, 0.15) is 21.9 Å². The molecule has 0 aromatic carbocycles. The first-order valence-electron chi connectivity index (χ1n) is 5.51. The van der Waals surface area contributed by atoms with Crippen LogP contribution in [-0.4, -0.2) is 32.4 Å². The molecule has 0 saturated heterocycles. The molecule has 2 heterocycles. The van der Waals surface area contributed by atoms with E-state index < -0.39 is 5.76 Å². The molecule has 0 aliphatic rings. The van der Waals surface area contributed by atoms with Crippen molar-refractivity contribution in [3.63, 3.8) is 0 Å². The number of H-pyrrole nitrogens is 1. The zero-order valence-electron chi connectivity index (χ0n) is 10.4. The summed E-state index contributed by atoms with van der Waals surface area (Å²) in [6.07, 6.45) is 0.356. The zero-order valence-corrected chi connectivity index (χ0v) is 11.1. The molecular weight excluding hydrogens is 274 g/mol. The van der Waals surface area contributed by atoms with Crippen LogP contribution in [0.15, 0.2) is 9.32 Å². The van der Waals surface area contributed by atoms with Gasteiger partial charge in [0.05, 0.1) is 11.3 Å². The van der Waals surface area contributed by atoms with Crippen LogP contribution in [0.2, 0.25) is 5.15 Å². The van der Waals surface area contributed by atoms with Gasteiger partial charge in [-0.3, -0.25) is 19.0 Å². The monoisotopic (exact) mass is 285 g/mol. The van der Waals surface area contributed by atoms with Gasteiger partial charge >= 0.3 is 5.76 Å². The summed E-state index contributed by atoms with van der Waals surface area (Å²) in [6, 6.07) is 0. The standard InChI is InChI=1S/C10H12ClN5O3/c1-5-7(8(11)16(2)14-5)9(17)12-4-3-6-13-10(18)19-15-6/h3-4H2,1-2H3,(H,12,17)(H,13,15,18). The third-order valence-corrected chi connectivity index (χ3v) is 2.95. The van der Waals surface area contributed by atoms with E-state index in [1.165, 1.54) is 4.68 Å². The molecule has 0 unspecified atom stereocenters. The van der Waals surface area contributed by atoms with Gasteiger partial charge in [-0.25, -0.2) is 4.79 Å². The summed E-state index contributed by atoms with van der Waals surface area (Å²) >= 11 is 5.97. The number of aromatic amines is 1. The highest BCUT2D eigenvalue weighted by molar-refractivity contribution is 6.33. The number of hydrogen-bond acceptors (Lipinski definition) is 5. The average Bonchev–Trinajstić information content (AvgIpc) is 2.84. The van der Waals surface area contributed by atoms with Gasteiger partial charge in [0.2, 0.25) is 0 Å². The number of rotatable bonds is 4.